The number of hydrogen-bond acceptors (Lipinski definition) is 4. The highest BCUT2D eigenvalue weighted by atomic mass is 28.3. The van der Waals surface area contributed by atoms with Crippen molar-refractivity contribution in [2.24, 2.45) is 5.92 Å². The fraction of sp³-hybridized carbons (Fsp3) is 0.917. The zero-order chi connectivity index (χ0) is 23.4. The lowest BCUT2D eigenvalue weighted by atomic mass is 9.91. The van der Waals surface area contributed by atoms with Gasteiger partial charge in [-0.3, -0.25) is 0 Å². The number of aliphatic carboxylic acids is 1. The lowest BCUT2D eigenvalue weighted by molar-refractivity contribution is -0.139. The van der Waals surface area contributed by atoms with Crippen molar-refractivity contribution in [2.75, 3.05) is 0 Å². The molecule has 1 amide bonds. The van der Waals surface area contributed by atoms with Crippen LogP contribution in [0.3, 0.4) is 0 Å². The van der Waals surface area contributed by atoms with Crippen molar-refractivity contribution in [3.05, 3.63) is 0 Å². The summed E-state index contributed by atoms with van der Waals surface area (Å²) in [5.41, 5.74) is -0.147. The van der Waals surface area contributed by atoms with Crippen LogP contribution in [0.25, 0.3) is 0 Å². The summed E-state index contributed by atoms with van der Waals surface area (Å²) in [7, 11) is -1.56. The van der Waals surface area contributed by atoms with Crippen molar-refractivity contribution in [1.29, 1.82) is 0 Å². The Morgan fingerprint density at radius 2 is 1.35 bits per heavy atom. The van der Waals surface area contributed by atoms with Crippen molar-refractivity contribution >= 4 is 20.1 Å². The molecule has 0 radical (unpaired) electrons. The van der Waals surface area contributed by atoms with Crippen molar-refractivity contribution in [2.45, 2.75) is 135 Å². The fourth-order valence-electron chi connectivity index (χ4n) is 4.08. The Kier molecular flexibility index (Phi) is 12.8. The monoisotopic (exact) mass is 456 g/mol. The molecule has 2 aliphatic rings. The van der Waals surface area contributed by atoms with E-state index in [1.54, 1.807) is 0 Å². The van der Waals surface area contributed by atoms with E-state index >= 15 is 0 Å². The molecular weight excluding hydrogens is 408 g/mol. The van der Waals surface area contributed by atoms with Crippen molar-refractivity contribution in [3.63, 3.8) is 0 Å². The molecule has 2 saturated carbocycles. The second-order valence-corrected chi connectivity index (χ2v) is 16.5. The summed E-state index contributed by atoms with van der Waals surface area (Å²) in [6.07, 6.45) is 14.3. The van der Waals surface area contributed by atoms with Gasteiger partial charge in [0.25, 0.3) is 0 Å². The minimum Gasteiger partial charge on any atom is -0.480 e. The maximum Gasteiger partial charge on any atom is 0.407 e. The van der Waals surface area contributed by atoms with Crippen LogP contribution >= 0.6 is 0 Å². The van der Waals surface area contributed by atoms with Crippen molar-refractivity contribution in [3.8, 4) is 0 Å². The van der Waals surface area contributed by atoms with Crippen LogP contribution in [0.4, 0.5) is 4.79 Å². The summed E-state index contributed by atoms with van der Waals surface area (Å²) in [5, 5.41) is 15.3. The standard InChI is InChI=1S/C12H25NO4Si.C12H23N/c1-8(2)7-10(11(14)15)13-12(16)17-9(3)18(4,5)6;1-3-7-11(8-4-1)13-12-9-5-2-6-10-12/h8-10H,7H2,1-6H3,(H,13,16)(H,14,15);11-13H,1-10H2/t9?,10-;/m0./s1. The molecule has 2 aliphatic carbocycles. The van der Waals surface area contributed by atoms with Gasteiger partial charge < -0.3 is 20.5 Å². The minimum atomic E-state index is -1.56. The van der Waals surface area contributed by atoms with E-state index in [1.807, 2.05) is 20.8 Å². The molecule has 0 saturated heterocycles. The third-order valence-electron chi connectivity index (χ3n) is 6.48. The van der Waals surface area contributed by atoms with Gasteiger partial charge in [0.15, 0.2) is 0 Å². The quantitative estimate of drug-likeness (QED) is 0.407. The third kappa shape index (κ3) is 12.5. The number of carboxylic acids is 1. The number of ether oxygens (including phenoxy) is 1. The molecule has 0 heterocycles. The van der Waals surface area contributed by atoms with Gasteiger partial charge in [0.2, 0.25) is 0 Å². The Morgan fingerprint density at radius 3 is 1.71 bits per heavy atom. The topological polar surface area (TPSA) is 87.7 Å². The van der Waals surface area contributed by atoms with Crippen LogP contribution in [-0.2, 0) is 9.53 Å². The molecule has 1 unspecified atom stereocenters. The van der Waals surface area contributed by atoms with Crippen LogP contribution in [-0.4, -0.2) is 49.1 Å². The number of carboxylic acid groups (broad SMARTS) is 1. The van der Waals surface area contributed by atoms with E-state index in [0.29, 0.717) is 6.42 Å². The van der Waals surface area contributed by atoms with Gasteiger partial charge in [-0.1, -0.05) is 72.0 Å². The molecule has 2 rings (SSSR count). The summed E-state index contributed by atoms with van der Waals surface area (Å²) in [6, 6.07) is 0.861. The Labute approximate surface area is 191 Å². The van der Waals surface area contributed by atoms with E-state index in [9.17, 15) is 9.59 Å². The smallest absolute Gasteiger partial charge is 0.407 e. The second-order valence-electron chi connectivity index (χ2n) is 10.9. The van der Waals surface area contributed by atoms with Crippen molar-refractivity contribution < 1.29 is 19.4 Å². The van der Waals surface area contributed by atoms with Gasteiger partial charge in [0.05, 0.1) is 13.8 Å². The van der Waals surface area contributed by atoms with E-state index in [-0.39, 0.29) is 11.6 Å². The average molecular weight is 457 g/mol. The molecule has 0 aromatic heterocycles. The normalized spacial score (nSPS) is 20.4. The molecule has 7 heteroatoms. The highest BCUT2D eigenvalue weighted by Gasteiger charge is 2.28. The Hall–Kier alpha value is -1.08. The van der Waals surface area contributed by atoms with E-state index in [4.69, 9.17) is 9.84 Å². The molecule has 0 spiro atoms. The fourth-order valence-corrected chi connectivity index (χ4v) is 4.54. The van der Waals surface area contributed by atoms with Gasteiger partial charge in [-0.2, -0.15) is 0 Å². The highest BCUT2D eigenvalue weighted by Crippen LogP contribution is 2.22. The van der Waals surface area contributed by atoms with Crippen LogP contribution in [0.2, 0.25) is 19.6 Å². The van der Waals surface area contributed by atoms with Gasteiger partial charge in [-0.05, 0) is 44.9 Å². The first-order valence-electron chi connectivity index (χ1n) is 12.4. The van der Waals surface area contributed by atoms with Crippen LogP contribution in [0.5, 0.6) is 0 Å². The van der Waals surface area contributed by atoms with Gasteiger partial charge in [0, 0.05) is 12.1 Å². The Morgan fingerprint density at radius 1 is 0.903 bits per heavy atom. The number of rotatable bonds is 8. The molecule has 2 atom stereocenters. The zero-order valence-electron chi connectivity index (χ0n) is 20.8. The molecule has 0 aliphatic heterocycles. The number of carbonyl (C=O) groups is 2. The minimum absolute atomic E-state index is 0.147. The molecule has 0 aromatic rings. The average Bonchev–Trinajstić information content (AvgIpc) is 2.68. The van der Waals surface area contributed by atoms with Crippen LogP contribution < -0.4 is 10.6 Å². The SMILES string of the molecule is C1CCC(NC2CCCCC2)CC1.CC(C)C[C@H](NC(=O)OC(C)[Si](C)(C)C)C(=O)O. The van der Waals surface area contributed by atoms with E-state index in [2.05, 4.69) is 30.3 Å². The second kappa shape index (κ2) is 14.1. The first kappa shape index (κ1) is 28.0. The van der Waals surface area contributed by atoms with Gasteiger partial charge in [0.1, 0.15) is 6.04 Å². The first-order chi connectivity index (χ1) is 14.5. The highest BCUT2D eigenvalue weighted by molar-refractivity contribution is 6.77. The third-order valence-corrected chi connectivity index (χ3v) is 9.04. The van der Waals surface area contributed by atoms with E-state index in [1.165, 1.54) is 64.2 Å². The van der Waals surface area contributed by atoms with E-state index in [0.717, 1.165) is 12.1 Å². The molecule has 2 fully saturated rings. The zero-order valence-corrected chi connectivity index (χ0v) is 21.8. The number of hydrogen-bond donors (Lipinski definition) is 3. The maximum atomic E-state index is 11.6. The molecule has 3 N–H and O–H groups in total. The Bertz CT molecular complexity index is 508. The molecule has 6 nitrogen and oxygen atoms in total. The molecular formula is C24H48N2O4Si. The van der Waals surface area contributed by atoms with Gasteiger partial charge in [-0.25, -0.2) is 9.59 Å². The molecule has 0 bridgehead atoms. The number of carbonyl (C=O) groups excluding carboxylic acids is 1. The van der Waals surface area contributed by atoms with Crippen LogP contribution in [0.1, 0.15) is 91.4 Å². The van der Waals surface area contributed by atoms with Crippen LogP contribution in [0.15, 0.2) is 0 Å². The summed E-state index contributed by atoms with van der Waals surface area (Å²) in [6.45, 7) is 11.9. The summed E-state index contributed by atoms with van der Waals surface area (Å²) < 4.78 is 5.23. The maximum absolute atomic E-state index is 11.6. The number of alkyl carbamates (subject to hydrolysis) is 1. The molecule has 0 aromatic carbocycles. The predicted molar refractivity (Wildman–Crippen MR) is 130 cm³/mol. The summed E-state index contributed by atoms with van der Waals surface area (Å²) in [5.74, 6) is -0.831. The van der Waals surface area contributed by atoms with Crippen LogP contribution in [0, 0.1) is 5.92 Å². The van der Waals surface area contributed by atoms with E-state index < -0.39 is 26.2 Å². The van der Waals surface area contributed by atoms with Crippen molar-refractivity contribution in [1.82, 2.24) is 10.6 Å². The van der Waals surface area contributed by atoms with Gasteiger partial charge in [-0.15, -0.1) is 0 Å². The lowest BCUT2D eigenvalue weighted by Gasteiger charge is -2.30. The Balaban J connectivity index is 0.000000323. The summed E-state index contributed by atoms with van der Waals surface area (Å²) >= 11 is 0. The largest absolute Gasteiger partial charge is 0.480 e. The molecule has 31 heavy (non-hydrogen) atoms. The number of amides is 1. The number of nitrogens with one attached hydrogen (secondary N) is 2. The van der Waals surface area contributed by atoms with Gasteiger partial charge >= 0.3 is 12.1 Å². The first-order valence-corrected chi connectivity index (χ1v) is 16.0. The predicted octanol–water partition coefficient (Wildman–Crippen LogP) is 5.72. The lowest BCUT2D eigenvalue weighted by Crippen LogP contribution is -2.46. The molecule has 182 valence electrons. The summed E-state index contributed by atoms with van der Waals surface area (Å²) in [4.78, 5) is 22.6.